The number of benzene rings is 1. The van der Waals surface area contributed by atoms with Crippen LogP contribution in [0.25, 0.3) is 10.8 Å². The third kappa shape index (κ3) is 2.68. The predicted molar refractivity (Wildman–Crippen MR) is 86.8 cm³/mol. The van der Waals surface area contributed by atoms with Gasteiger partial charge in [0.25, 0.3) is 0 Å². The molecule has 0 unspecified atom stereocenters. The van der Waals surface area contributed by atoms with Crippen molar-refractivity contribution < 1.29 is 4.74 Å². The van der Waals surface area contributed by atoms with Gasteiger partial charge < -0.3 is 15.8 Å². The van der Waals surface area contributed by atoms with Crippen LogP contribution >= 0.6 is 0 Å². The van der Waals surface area contributed by atoms with E-state index >= 15 is 0 Å². The number of hydrogen-bond donors (Lipinski definition) is 2. The molecule has 4 nitrogen and oxygen atoms in total. The highest BCUT2D eigenvalue weighted by molar-refractivity contribution is 5.96. The first kappa shape index (κ1) is 14.1. The van der Waals surface area contributed by atoms with Gasteiger partial charge in [0.15, 0.2) is 0 Å². The lowest BCUT2D eigenvalue weighted by atomic mass is 9.81. The summed E-state index contributed by atoms with van der Waals surface area (Å²) >= 11 is 0. The van der Waals surface area contributed by atoms with E-state index in [4.69, 9.17) is 10.5 Å². The summed E-state index contributed by atoms with van der Waals surface area (Å²) in [6.45, 7) is 0.648. The fraction of sp³-hybridized carbons (Fsp3) is 0.471. The molecule has 1 aromatic heterocycles. The topological polar surface area (TPSA) is 60.2 Å². The number of pyridine rings is 1. The van der Waals surface area contributed by atoms with E-state index in [-0.39, 0.29) is 5.54 Å². The second kappa shape index (κ2) is 5.90. The number of hydrogen-bond acceptors (Lipinski definition) is 4. The summed E-state index contributed by atoms with van der Waals surface area (Å²) in [4.78, 5) is 4.55. The zero-order valence-corrected chi connectivity index (χ0v) is 12.6. The van der Waals surface area contributed by atoms with Gasteiger partial charge in [-0.25, -0.2) is 4.98 Å². The van der Waals surface area contributed by atoms with Crippen LogP contribution < -0.4 is 15.8 Å². The van der Waals surface area contributed by atoms with Crippen LogP contribution in [0.2, 0.25) is 0 Å². The van der Waals surface area contributed by atoms with Crippen molar-refractivity contribution in [2.24, 2.45) is 5.73 Å². The van der Waals surface area contributed by atoms with Gasteiger partial charge in [0.1, 0.15) is 11.6 Å². The lowest BCUT2D eigenvalue weighted by Gasteiger charge is -2.37. The molecule has 0 spiro atoms. The average molecular weight is 285 g/mol. The van der Waals surface area contributed by atoms with E-state index in [2.05, 4.69) is 16.4 Å². The normalized spacial score (nSPS) is 17.6. The van der Waals surface area contributed by atoms with Gasteiger partial charge in [-0.3, -0.25) is 0 Å². The van der Waals surface area contributed by atoms with Crippen LogP contribution in [0.15, 0.2) is 30.5 Å². The van der Waals surface area contributed by atoms with Crippen molar-refractivity contribution in [3.63, 3.8) is 0 Å². The summed E-state index contributed by atoms with van der Waals surface area (Å²) in [6.07, 6.45) is 7.84. The maximum absolute atomic E-state index is 6.07. The lowest BCUT2D eigenvalue weighted by Crippen LogP contribution is -2.47. The zero-order chi connectivity index (χ0) is 14.7. The van der Waals surface area contributed by atoms with Crippen LogP contribution in [-0.4, -0.2) is 24.2 Å². The van der Waals surface area contributed by atoms with E-state index in [1.807, 2.05) is 24.4 Å². The molecule has 4 heteroatoms. The van der Waals surface area contributed by atoms with Crippen molar-refractivity contribution >= 4 is 16.6 Å². The summed E-state index contributed by atoms with van der Waals surface area (Å²) in [5.41, 5.74) is 6.06. The first-order valence-corrected chi connectivity index (χ1v) is 7.68. The lowest BCUT2D eigenvalue weighted by molar-refractivity contribution is 0.330. The number of methoxy groups -OCH3 is 1. The Bertz CT molecular complexity index is 620. The summed E-state index contributed by atoms with van der Waals surface area (Å²) in [6, 6.07) is 8.06. The molecule has 0 radical (unpaired) electrons. The first-order valence-electron chi connectivity index (χ1n) is 7.68. The van der Waals surface area contributed by atoms with E-state index in [1.165, 1.54) is 19.3 Å². The maximum Gasteiger partial charge on any atom is 0.134 e. The zero-order valence-electron chi connectivity index (χ0n) is 12.6. The highest BCUT2D eigenvalue weighted by atomic mass is 16.5. The Hall–Kier alpha value is -1.81. The quantitative estimate of drug-likeness (QED) is 0.904. The Balaban J connectivity index is 2.00. The molecule has 3 rings (SSSR count). The molecule has 0 saturated heterocycles. The molecule has 1 aliphatic carbocycles. The molecule has 2 aromatic rings. The Labute approximate surface area is 125 Å². The minimum absolute atomic E-state index is 0.0113. The molecule has 0 aliphatic heterocycles. The number of ether oxygens (including phenoxy) is 1. The number of fused-ring (bicyclic) bond motifs is 1. The van der Waals surface area contributed by atoms with Crippen LogP contribution in [0.5, 0.6) is 5.75 Å². The van der Waals surface area contributed by atoms with Crippen molar-refractivity contribution in [1.29, 1.82) is 0 Å². The van der Waals surface area contributed by atoms with Gasteiger partial charge in [-0.1, -0.05) is 31.4 Å². The van der Waals surface area contributed by atoms with Crippen molar-refractivity contribution in [2.45, 2.75) is 37.6 Å². The van der Waals surface area contributed by atoms with Crippen LogP contribution in [-0.2, 0) is 0 Å². The van der Waals surface area contributed by atoms with Gasteiger partial charge in [0.05, 0.1) is 12.6 Å². The Morgan fingerprint density at radius 2 is 2.00 bits per heavy atom. The molecule has 1 aliphatic rings. The van der Waals surface area contributed by atoms with E-state index < -0.39 is 0 Å². The first-order chi connectivity index (χ1) is 10.3. The van der Waals surface area contributed by atoms with Gasteiger partial charge in [-0.2, -0.15) is 0 Å². The monoisotopic (exact) mass is 285 g/mol. The van der Waals surface area contributed by atoms with Crippen molar-refractivity contribution in [2.75, 3.05) is 19.0 Å². The number of nitrogens with two attached hydrogens (primary N) is 1. The van der Waals surface area contributed by atoms with Crippen molar-refractivity contribution in [3.05, 3.63) is 30.5 Å². The standard InChI is InChI=1S/C17H23N3O/c1-21-15-7-5-6-14-13(15)8-11-19-16(14)20-17(12-18)9-3-2-4-10-17/h5-8,11H,2-4,9-10,12,18H2,1H3,(H,19,20). The molecule has 1 aromatic carbocycles. The number of rotatable bonds is 4. The minimum atomic E-state index is -0.0113. The largest absolute Gasteiger partial charge is 0.496 e. The van der Waals surface area contributed by atoms with Gasteiger partial charge in [-0.15, -0.1) is 0 Å². The molecule has 1 saturated carbocycles. The summed E-state index contributed by atoms with van der Waals surface area (Å²) < 4.78 is 5.44. The highest BCUT2D eigenvalue weighted by Gasteiger charge is 2.31. The highest BCUT2D eigenvalue weighted by Crippen LogP contribution is 2.34. The van der Waals surface area contributed by atoms with Gasteiger partial charge in [0, 0.05) is 23.5 Å². The van der Waals surface area contributed by atoms with E-state index in [0.29, 0.717) is 6.54 Å². The third-order valence-electron chi connectivity index (χ3n) is 4.57. The SMILES string of the molecule is COc1cccc2c(NC3(CN)CCCCC3)nccc12. The fourth-order valence-electron chi connectivity index (χ4n) is 3.32. The predicted octanol–water partition coefficient (Wildman–Crippen LogP) is 3.32. The van der Waals surface area contributed by atoms with Crippen LogP contribution in [0.3, 0.4) is 0 Å². The molecule has 3 N–H and O–H groups in total. The smallest absolute Gasteiger partial charge is 0.134 e. The molecule has 0 atom stereocenters. The summed E-state index contributed by atoms with van der Waals surface area (Å²) in [5.74, 6) is 1.79. The fourth-order valence-corrected chi connectivity index (χ4v) is 3.32. The molecule has 21 heavy (non-hydrogen) atoms. The minimum Gasteiger partial charge on any atom is -0.496 e. The molecule has 112 valence electrons. The van der Waals surface area contributed by atoms with Crippen LogP contribution in [0, 0.1) is 0 Å². The van der Waals surface area contributed by atoms with Crippen molar-refractivity contribution in [3.8, 4) is 5.75 Å². The molecule has 1 heterocycles. The van der Waals surface area contributed by atoms with E-state index in [9.17, 15) is 0 Å². The number of anilines is 1. The number of nitrogens with zero attached hydrogens (tertiary/aromatic N) is 1. The second-order valence-corrected chi connectivity index (χ2v) is 5.89. The molecular formula is C17H23N3O. The molecular weight excluding hydrogens is 262 g/mol. The van der Waals surface area contributed by atoms with Gasteiger partial charge in [0.2, 0.25) is 0 Å². The second-order valence-electron chi connectivity index (χ2n) is 5.89. The summed E-state index contributed by atoms with van der Waals surface area (Å²) in [5, 5.41) is 5.82. The Morgan fingerprint density at radius 3 is 2.71 bits per heavy atom. The van der Waals surface area contributed by atoms with Crippen LogP contribution in [0.1, 0.15) is 32.1 Å². The number of aromatic nitrogens is 1. The molecule has 0 amide bonds. The van der Waals surface area contributed by atoms with E-state index in [1.54, 1.807) is 7.11 Å². The van der Waals surface area contributed by atoms with Gasteiger partial charge >= 0.3 is 0 Å². The van der Waals surface area contributed by atoms with Gasteiger partial charge in [-0.05, 0) is 25.0 Å². The molecule has 1 fully saturated rings. The summed E-state index contributed by atoms with van der Waals surface area (Å²) in [7, 11) is 1.70. The van der Waals surface area contributed by atoms with E-state index in [0.717, 1.165) is 35.2 Å². The molecule has 0 bridgehead atoms. The maximum atomic E-state index is 6.07. The third-order valence-corrected chi connectivity index (χ3v) is 4.57. The van der Waals surface area contributed by atoms with Crippen LogP contribution in [0.4, 0.5) is 5.82 Å². The van der Waals surface area contributed by atoms with Crippen molar-refractivity contribution in [1.82, 2.24) is 4.98 Å². The number of nitrogens with one attached hydrogen (secondary N) is 1. The Kier molecular flexibility index (Phi) is 3.97. The average Bonchev–Trinajstić information content (AvgIpc) is 2.55. The Morgan fingerprint density at radius 1 is 1.19 bits per heavy atom.